The molecular weight excluding hydrogens is 468 g/mol. The first kappa shape index (κ1) is 24.6. The van der Waals surface area contributed by atoms with Gasteiger partial charge in [0.15, 0.2) is 9.84 Å². The summed E-state index contributed by atoms with van der Waals surface area (Å²) in [6.07, 6.45) is 9.60. The van der Waals surface area contributed by atoms with Crippen LogP contribution in [-0.2, 0) is 28.4 Å². The zero-order valence-electron chi connectivity index (χ0n) is 19.4. The first-order valence-electron chi connectivity index (χ1n) is 11.7. The lowest BCUT2D eigenvalue weighted by molar-refractivity contribution is 0.410. The number of hydrogen-bond donors (Lipinski definition) is 2. The molecule has 1 saturated carbocycles. The van der Waals surface area contributed by atoms with Gasteiger partial charge in [0.25, 0.3) is 0 Å². The summed E-state index contributed by atoms with van der Waals surface area (Å²) < 4.78 is 25.6. The zero-order chi connectivity index (χ0) is 24.1. The van der Waals surface area contributed by atoms with E-state index in [1.54, 1.807) is 24.3 Å². The number of sulfone groups is 1. The molecule has 3 N–H and O–H groups in total. The summed E-state index contributed by atoms with van der Waals surface area (Å²) in [5, 5.41) is 3.67. The highest BCUT2D eigenvalue weighted by atomic mass is 35.5. The van der Waals surface area contributed by atoms with Gasteiger partial charge < -0.3 is 11.1 Å². The first-order valence-corrected chi connectivity index (χ1v) is 13.7. The number of nitrogens with one attached hydrogen (secondary N) is 1. The second kappa shape index (κ2) is 10.8. The Labute approximate surface area is 206 Å². The average Bonchev–Trinajstić information content (AvgIpc) is 2.81. The molecule has 8 heteroatoms. The number of hydrogen-bond acceptors (Lipinski definition) is 6. The van der Waals surface area contributed by atoms with Crippen molar-refractivity contribution in [3.63, 3.8) is 0 Å². The highest BCUT2D eigenvalue weighted by molar-refractivity contribution is 7.90. The summed E-state index contributed by atoms with van der Waals surface area (Å²) in [6, 6.07) is 13.1. The van der Waals surface area contributed by atoms with Gasteiger partial charge in [0, 0.05) is 24.5 Å². The number of nitrogens with two attached hydrogens (primary N) is 1. The van der Waals surface area contributed by atoms with Crippen molar-refractivity contribution in [3.8, 4) is 0 Å². The number of aryl methyl sites for hydroxylation is 3. The quantitative estimate of drug-likeness (QED) is 0.459. The van der Waals surface area contributed by atoms with E-state index in [9.17, 15) is 8.42 Å². The summed E-state index contributed by atoms with van der Waals surface area (Å²) in [4.78, 5) is 9.14. The van der Waals surface area contributed by atoms with Crippen LogP contribution in [0.25, 0.3) is 0 Å². The van der Waals surface area contributed by atoms with Crippen molar-refractivity contribution in [2.24, 2.45) is 5.73 Å². The van der Waals surface area contributed by atoms with Gasteiger partial charge in [0.2, 0.25) is 5.95 Å². The third kappa shape index (κ3) is 6.34. The summed E-state index contributed by atoms with van der Waals surface area (Å²) in [5.74, 6) is 0.595. The zero-order valence-corrected chi connectivity index (χ0v) is 20.9. The Morgan fingerprint density at radius 1 is 1.00 bits per heavy atom. The van der Waals surface area contributed by atoms with Gasteiger partial charge in [-0.05, 0) is 79.8 Å². The van der Waals surface area contributed by atoms with E-state index < -0.39 is 9.84 Å². The Bertz CT molecular complexity index is 1220. The molecular formula is C26H31ClN4O2S. The van der Waals surface area contributed by atoms with E-state index in [0.29, 0.717) is 18.0 Å². The molecule has 2 aromatic carbocycles. The second-order valence-corrected chi connectivity index (χ2v) is 11.5. The molecule has 1 heterocycles. The van der Waals surface area contributed by atoms with E-state index in [1.807, 2.05) is 37.5 Å². The van der Waals surface area contributed by atoms with Gasteiger partial charge in [0.1, 0.15) is 0 Å². The molecule has 0 aliphatic heterocycles. The SMILES string of the molecule is Cc1cc(CS(=O)(=O)c2ccccc2Cl)ccc1CCc1cnc(NC2CCC(N)CC2)nc1. The van der Waals surface area contributed by atoms with E-state index >= 15 is 0 Å². The summed E-state index contributed by atoms with van der Waals surface area (Å²) in [6.45, 7) is 2.01. The third-order valence-corrected chi connectivity index (χ3v) is 8.61. The maximum atomic E-state index is 12.8. The van der Waals surface area contributed by atoms with Crippen molar-refractivity contribution in [1.82, 2.24) is 9.97 Å². The lowest BCUT2D eigenvalue weighted by Crippen LogP contribution is -2.33. The normalized spacial score (nSPS) is 18.6. The average molecular weight is 499 g/mol. The van der Waals surface area contributed by atoms with Gasteiger partial charge in [-0.25, -0.2) is 18.4 Å². The van der Waals surface area contributed by atoms with Crippen LogP contribution in [0.5, 0.6) is 0 Å². The summed E-state index contributed by atoms with van der Waals surface area (Å²) in [7, 11) is -3.51. The number of rotatable bonds is 8. The van der Waals surface area contributed by atoms with E-state index in [2.05, 4.69) is 15.3 Å². The van der Waals surface area contributed by atoms with Crippen LogP contribution >= 0.6 is 11.6 Å². The van der Waals surface area contributed by atoms with Crippen LogP contribution in [0.3, 0.4) is 0 Å². The fourth-order valence-corrected chi connectivity index (χ4v) is 6.32. The van der Waals surface area contributed by atoms with Gasteiger partial charge in [-0.2, -0.15) is 0 Å². The highest BCUT2D eigenvalue weighted by Crippen LogP contribution is 2.25. The van der Waals surface area contributed by atoms with Gasteiger partial charge in [-0.15, -0.1) is 0 Å². The molecule has 0 atom stereocenters. The molecule has 0 unspecified atom stereocenters. The third-order valence-electron chi connectivity index (χ3n) is 6.43. The maximum absolute atomic E-state index is 12.8. The van der Waals surface area contributed by atoms with Gasteiger partial charge in [0.05, 0.1) is 15.7 Å². The number of aromatic nitrogens is 2. The number of halogens is 1. The molecule has 0 radical (unpaired) electrons. The van der Waals surface area contributed by atoms with Crippen LogP contribution in [0.15, 0.2) is 59.8 Å². The molecule has 180 valence electrons. The Hall–Kier alpha value is -2.48. The molecule has 1 aliphatic carbocycles. The molecule has 0 saturated heterocycles. The van der Waals surface area contributed by atoms with Crippen molar-refractivity contribution >= 4 is 27.4 Å². The molecule has 0 amide bonds. The topological polar surface area (TPSA) is 98.0 Å². The van der Waals surface area contributed by atoms with E-state index in [0.717, 1.165) is 55.2 Å². The minimum absolute atomic E-state index is 0.0763. The van der Waals surface area contributed by atoms with Gasteiger partial charge >= 0.3 is 0 Å². The monoisotopic (exact) mass is 498 g/mol. The largest absolute Gasteiger partial charge is 0.351 e. The molecule has 1 aromatic heterocycles. The molecule has 1 fully saturated rings. The van der Waals surface area contributed by atoms with Gasteiger partial charge in [-0.1, -0.05) is 41.9 Å². The maximum Gasteiger partial charge on any atom is 0.222 e. The summed E-state index contributed by atoms with van der Waals surface area (Å²) in [5.41, 5.74) is 10.1. The van der Waals surface area contributed by atoms with Gasteiger partial charge in [-0.3, -0.25) is 0 Å². The number of benzene rings is 2. The standard InChI is InChI=1S/C26H31ClN4O2S/c1-18-14-19(17-34(32,33)25-5-3-2-4-24(25)27)6-8-21(18)9-7-20-15-29-26(30-16-20)31-23-12-10-22(28)11-13-23/h2-6,8,14-16,22-23H,7,9-13,17,28H2,1H3,(H,29,30,31). The Morgan fingerprint density at radius 2 is 1.71 bits per heavy atom. The Morgan fingerprint density at radius 3 is 2.38 bits per heavy atom. The van der Waals surface area contributed by atoms with Crippen LogP contribution in [0.1, 0.15) is 47.9 Å². The highest BCUT2D eigenvalue weighted by Gasteiger charge is 2.20. The van der Waals surface area contributed by atoms with Crippen LogP contribution in [0, 0.1) is 6.92 Å². The van der Waals surface area contributed by atoms with E-state index in [4.69, 9.17) is 17.3 Å². The van der Waals surface area contributed by atoms with Crippen LogP contribution in [0.4, 0.5) is 5.95 Å². The molecule has 0 bridgehead atoms. The number of nitrogens with zero attached hydrogens (tertiary/aromatic N) is 2. The minimum Gasteiger partial charge on any atom is -0.351 e. The van der Waals surface area contributed by atoms with Crippen LogP contribution < -0.4 is 11.1 Å². The molecule has 34 heavy (non-hydrogen) atoms. The lowest BCUT2D eigenvalue weighted by Gasteiger charge is -2.26. The van der Waals surface area contributed by atoms with Crippen molar-refractivity contribution < 1.29 is 8.42 Å². The van der Waals surface area contributed by atoms with Crippen molar-refractivity contribution in [2.75, 3.05) is 5.32 Å². The van der Waals surface area contributed by atoms with Crippen LogP contribution in [-0.4, -0.2) is 30.5 Å². The number of anilines is 1. The van der Waals surface area contributed by atoms with Crippen molar-refractivity contribution in [3.05, 3.63) is 82.1 Å². The van der Waals surface area contributed by atoms with E-state index in [-0.39, 0.29) is 15.7 Å². The fourth-order valence-electron chi connectivity index (χ4n) is 4.41. The fraction of sp³-hybridized carbons (Fsp3) is 0.385. The predicted octanol–water partition coefficient (Wildman–Crippen LogP) is 4.88. The van der Waals surface area contributed by atoms with Crippen molar-refractivity contribution in [1.29, 1.82) is 0 Å². The molecule has 3 aromatic rings. The Balaban J connectivity index is 1.33. The molecule has 4 rings (SSSR count). The lowest BCUT2D eigenvalue weighted by atomic mass is 9.92. The minimum atomic E-state index is -3.51. The molecule has 6 nitrogen and oxygen atoms in total. The van der Waals surface area contributed by atoms with E-state index in [1.165, 1.54) is 5.56 Å². The molecule has 0 spiro atoms. The Kier molecular flexibility index (Phi) is 7.86. The predicted molar refractivity (Wildman–Crippen MR) is 137 cm³/mol. The smallest absolute Gasteiger partial charge is 0.222 e. The first-order chi connectivity index (χ1) is 16.3. The molecule has 1 aliphatic rings. The van der Waals surface area contributed by atoms with Crippen LogP contribution in [0.2, 0.25) is 5.02 Å². The second-order valence-electron chi connectivity index (χ2n) is 9.12. The summed E-state index contributed by atoms with van der Waals surface area (Å²) >= 11 is 6.10. The van der Waals surface area contributed by atoms with Crippen molar-refractivity contribution in [2.45, 2.75) is 68.2 Å².